The number of aryl methyl sites for hydroxylation is 1. The molecule has 1 unspecified atom stereocenters. The lowest BCUT2D eigenvalue weighted by molar-refractivity contribution is -0.713. The van der Waals surface area contributed by atoms with E-state index in [4.69, 9.17) is 16.3 Å². The van der Waals surface area contributed by atoms with E-state index in [-0.39, 0.29) is 46.6 Å². The van der Waals surface area contributed by atoms with Crippen LogP contribution >= 0.6 is 34.9 Å². The van der Waals surface area contributed by atoms with Gasteiger partial charge >= 0.3 is 11.1 Å². The molecule has 0 aromatic carbocycles. The summed E-state index contributed by atoms with van der Waals surface area (Å²) < 4.78 is 1.74. The number of thioether (sulfide) groups is 2. The fraction of sp³-hybridized carbons (Fsp3) is 0.417. The molecule has 2 amide bonds. The van der Waals surface area contributed by atoms with Crippen LogP contribution in [0.2, 0.25) is 0 Å². The number of nitrogen functional groups attached to an aromatic ring is 2. The van der Waals surface area contributed by atoms with E-state index in [9.17, 15) is 29.4 Å². The number of aliphatic carboxylic acids is 2. The predicted molar refractivity (Wildman–Crippen MR) is 151 cm³/mol. The minimum atomic E-state index is -1.57. The van der Waals surface area contributed by atoms with Crippen molar-refractivity contribution in [2.75, 3.05) is 23.0 Å². The first-order chi connectivity index (χ1) is 20.0. The van der Waals surface area contributed by atoms with Crippen LogP contribution in [-0.2, 0) is 31.1 Å². The smallest absolute Gasteiger partial charge is 0.361 e. The number of hydrogen-bond donors (Lipinski definition) is 4. The van der Waals surface area contributed by atoms with Gasteiger partial charge in [0.15, 0.2) is 10.8 Å². The quantitative estimate of drug-likeness (QED) is 0.0604. The molecule has 0 bridgehead atoms. The van der Waals surface area contributed by atoms with Crippen molar-refractivity contribution < 1.29 is 38.8 Å². The monoisotopic (exact) mass is 634 g/mol. The number of nitrogens with two attached hydrogens (primary N) is 2. The van der Waals surface area contributed by atoms with E-state index in [1.165, 1.54) is 28.9 Å². The fourth-order valence-electron chi connectivity index (χ4n) is 4.78. The maximum Gasteiger partial charge on any atom is 0.361 e. The molecule has 2 aromatic heterocycles. The van der Waals surface area contributed by atoms with E-state index in [0.29, 0.717) is 29.4 Å². The molecule has 0 spiro atoms. The number of carbonyl (C=O) groups is 4. The lowest BCUT2D eigenvalue weighted by Gasteiger charge is -2.50. The Morgan fingerprint density at radius 3 is 2.71 bits per heavy atom. The number of β-lactam (4-membered cyclic amide) rings is 1. The van der Waals surface area contributed by atoms with Gasteiger partial charge in [0.2, 0.25) is 11.4 Å². The summed E-state index contributed by atoms with van der Waals surface area (Å²) in [5.41, 5.74) is 9.84. The van der Waals surface area contributed by atoms with Gasteiger partial charge in [0.05, 0.1) is 24.9 Å². The van der Waals surface area contributed by atoms with Crippen molar-refractivity contribution in [3.8, 4) is 0 Å². The molecule has 222 valence electrons. The predicted octanol–water partition coefficient (Wildman–Crippen LogP) is -1.16. The van der Waals surface area contributed by atoms with Gasteiger partial charge in [-0.05, 0) is 35.2 Å². The molecule has 2 aliphatic heterocycles. The number of oxime groups is 1. The minimum Gasteiger partial charge on any atom is -0.543 e. The molecule has 5 rings (SSSR count). The number of aromatic nitrogens is 3. The summed E-state index contributed by atoms with van der Waals surface area (Å²) in [4.78, 5) is 65.5. The third-order valence-electron chi connectivity index (χ3n) is 6.99. The average molecular weight is 635 g/mol. The summed E-state index contributed by atoms with van der Waals surface area (Å²) in [6, 6.07) is 0.551. The molecule has 3 aliphatic rings. The molecular weight excluding hydrogens is 609 g/mol. The summed E-state index contributed by atoms with van der Waals surface area (Å²) in [6.07, 6.45) is 3.43. The summed E-state index contributed by atoms with van der Waals surface area (Å²) in [5.74, 6) is -3.41. The van der Waals surface area contributed by atoms with Crippen LogP contribution in [-0.4, -0.2) is 78.0 Å². The van der Waals surface area contributed by atoms with Gasteiger partial charge in [-0.2, -0.15) is 0 Å². The van der Waals surface area contributed by atoms with Crippen molar-refractivity contribution in [3.63, 3.8) is 0 Å². The first-order valence-corrected chi connectivity index (χ1v) is 15.6. The van der Waals surface area contributed by atoms with Crippen molar-refractivity contribution in [1.82, 2.24) is 20.2 Å². The lowest BCUT2D eigenvalue weighted by atomic mass is 10.0. The van der Waals surface area contributed by atoms with Gasteiger partial charge in [0.1, 0.15) is 17.1 Å². The molecule has 18 heteroatoms. The second-order valence-corrected chi connectivity index (χ2v) is 12.7. The molecular formula is C24H26N8O7S3. The van der Waals surface area contributed by atoms with Gasteiger partial charge in [-0.25, -0.2) is 14.3 Å². The number of hydrogen-bond acceptors (Lipinski definition) is 14. The highest BCUT2D eigenvalue weighted by molar-refractivity contribution is 8.01. The first-order valence-electron chi connectivity index (χ1n) is 12.7. The number of thiazole rings is 1. The van der Waals surface area contributed by atoms with Crippen molar-refractivity contribution in [3.05, 3.63) is 34.6 Å². The maximum atomic E-state index is 13.4. The zero-order valence-corrected chi connectivity index (χ0v) is 24.6. The van der Waals surface area contributed by atoms with E-state index in [1.807, 2.05) is 0 Å². The molecule has 2 fully saturated rings. The molecule has 4 heterocycles. The Hall–Kier alpha value is -3.90. The van der Waals surface area contributed by atoms with Crippen molar-refractivity contribution in [2.45, 2.75) is 47.9 Å². The largest absolute Gasteiger partial charge is 0.543 e. The summed E-state index contributed by atoms with van der Waals surface area (Å²) in [5, 5.41) is 29.8. The molecule has 1 saturated carbocycles. The minimum absolute atomic E-state index is 0.0476. The summed E-state index contributed by atoms with van der Waals surface area (Å²) >= 11 is 3.59. The molecule has 15 nitrogen and oxygen atoms in total. The number of nitrogens with zero attached hydrogens (tertiary/aromatic N) is 5. The number of nitrogens with one attached hydrogen (secondary N) is 1. The summed E-state index contributed by atoms with van der Waals surface area (Å²) in [7, 11) is 1.78. The topological polar surface area (TPSA) is 230 Å². The molecule has 42 heavy (non-hydrogen) atoms. The van der Waals surface area contributed by atoms with Crippen LogP contribution in [0, 0.1) is 0 Å². The molecule has 0 radical (unpaired) electrons. The lowest BCUT2D eigenvalue weighted by Crippen LogP contribution is -2.71. The first kappa shape index (κ1) is 29.6. The third-order valence-corrected chi connectivity index (χ3v) is 10.1. The highest BCUT2D eigenvalue weighted by atomic mass is 32.2. The zero-order valence-electron chi connectivity index (χ0n) is 22.1. The summed E-state index contributed by atoms with van der Waals surface area (Å²) in [6.45, 7) is 0. The number of rotatable bonds is 10. The van der Waals surface area contributed by atoms with E-state index < -0.39 is 40.8 Å². The average Bonchev–Trinajstić information content (AvgIpc) is 3.61. The van der Waals surface area contributed by atoms with Crippen LogP contribution in [0.25, 0.3) is 0 Å². The van der Waals surface area contributed by atoms with Crippen molar-refractivity contribution in [1.29, 1.82) is 0 Å². The zero-order chi connectivity index (χ0) is 30.2. The third kappa shape index (κ3) is 5.60. The van der Waals surface area contributed by atoms with Crippen LogP contribution in [0.5, 0.6) is 0 Å². The number of carboxylic acid groups (broad SMARTS) is 2. The van der Waals surface area contributed by atoms with Crippen molar-refractivity contribution >= 4 is 75.3 Å². The van der Waals surface area contributed by atoms with Gasteiger partial charge < -0.3 is 36.6 Å². The van der Waals surface area contributed by atoms with E-state index in [2.05, 4.69) is 20.4 Å². The molecule has 2 aromatic rings. The van der Waals surface area contributed by atoms with E-state index in [0.717, 1.165) is 16.2 Å². The number of fused-ring (bicyclic) bond motifs is 1. The van der Waals surface area contributed by atoms with Crippen LogP contribution in [0.4, 0.5) is 10.9 Å². The van der Waals surface area contributed by atoms with Crippen LogP contribution in [0.15, 0.2) is 39.2 Å². The Balaban J connectivity index is 1.34. The second kappa shape index (κ2) is 11.8. The Bertz CT molecular complexity index is 1520. The number of anilines is 2. The van der Waals surface area contributed by atoms with Gasteiger partial charge in [0.25, 0.3) is 11.8 Å². The van der Waals surface area contributed by atoms with Crippen molar-refractivity contribution in [2.24, 2.45) is 12.2 Å². The van der Waals surface area contributed by atoms with E-state index in [1.54, 1.807) is 23.9 Å². The molecule has 1 aliphatic carbocycles. The molecule has 6 N–H and O–H groups in total. The maximum absolute atomic E-state index is 13.4. The molecule has 2 atom stereocenters. The Morgan fingerprint density at radius 2 is 2.07 bits per heavy atom. The number of carboxylic acids is 2. The van der Waals surface area contributed by atoms with Crippen LogP contribution in [0.3, 0.4) is 0 Å². The van der Waals surface area contributed by atoms with Gasteiger partial charge in [-0.1, -0.05) is 5.16 Å². The van der Waals surface area contributed by atoms with Gasteiger partial charge in [-0.3, -0.25) is 14.5 Å². The Labute approximate surface area is 251 Å². The Morgan fingerprint density at radius 1 is 1.33 bits per heavy atom. The highest BCUT2D eigenvalue weighted by Gasteiger charge is 2.53. The van der Waals surface area contributed by atoms with Crippen LogP contribution in [0.1, 0.15) is 31.4 Å². The number of carbonyl (C=O) groups excluding carboxylic acids is 3. The molecule has 1 saturated heterocycles. The SMILES string of the molecule is C[n+]1ccc(N)nc1SCC1=C(C(=O)[O-])N2C(=O)C(NC(=O)/C(=N\OC3(C(=O)O)CCCC3)c3csc(N)n3)[C@H]2SC1. The van der Waals surface area contributed by atoms with Crippen LogP contribution < -0.4 is 26.5 Å². The fourth-order valence-corrected chi connectivity index (χ4v) is 7.78. The second-order valence-electron chi connectivity index (χ2n) is 9.74. The standard InChI is InChI=1S/C24H26N8O7S3/c1-31-7-4-13(25)28-23(31)42-9-11-8-40-19-15(18(34)32(19)16(11)20(35)36)29-17(33)14(12-10-41-22(26)27-12)30-39-24(21(37)38)5-2-3-6-24/h4,7,10,15,19,25H,2-3,5-6,8-9H2,1H3,(H5,26,27,29,33,35,36,37,38)/b30-14-/t15?,19-/m1/s1. The van der Waals surface area contributed by atoms with Gasteiger partial charge in [-0.15, -0.1) is 23.1 Å². The number of amides is 2. The van der Waals surface area contributed by atoms with E-state index >= 15 is 0 Å². The highest BCUT2D eigenvalue weighted by Crippen LogP contribution is 2.41. The Kier molecular flexibility index (Phi) is 8.29. The normalized spacial score (nSPS) is 21.5. The van der Waals surface area contributed by atoms with Gasteiger partial charge in [0, 0.05) is 35.8 Å².